The standard InChI is InChI=1S/C34H45N9O2/c1-7-34(44)40-29-15-30(39-33-16-28(37-21-38-33)24-8-9-25(18-35)27(14-24)36-4)32(45-6)17-31(29)42-12-10-26(11-13-42)43-19-22(2)41(5)23(3)20-43/h7-9,14-18,21-23,26,35-36H,1,10-13,19-20H2,2-6H3,(H,40,44)(H,37,38,39)/t22-,23+. The first kappa shape index (κ1) is 31.9. The lowest BCUT2D eigenvalue weighted by Gasteiger charge is -2.48. The summed E-state index contributed by atoms with van der Waals surface area (Å²) in [5.41, 5.74) is 5.51. The molecule has 1 amide bonds. The molecule has 45 heavy (non-hydrogen) atoms. The Labute approximate surface area is 266 Å². The zero-order valence-corrected chi connectivity index (χ0v) is 26.9. The second kappa shape index (κ2) is 14.1. The highest BCUT2D eigenvalue weighted by Crippen LogP contribution is 2.40. The van der Waals surface area contributed by atoms with E-state index in [1.807, 2.05) is 43.4 Å². The molecule has 4 N–H and O–H groups in total. The topological polar surface area (TPSA) is 122 Å². The van der Waals surface area contributed by atoms with Crippen molar-refractivity contribution in [2.75, 3.05) is 68.2 Å². The second-order valence-corrected chi connectivity index (χ2v) is 11.9. The number of benzene rings is 2. The van der Waals surface area contributed by atoms with Crippen LogP contribution in [0.5, 0.6) is 5.75 Å². The Morgan fingerprint density at radius 1 is 1.04 bits per heavy atom. The van der Waals surface area contributed by atoms with E-state index in [9.17, 15) is 4.79 Å². The van der Waals surface area contributed by atoms with Crippen LogP contribution < -0.4 is 25.6 Å². The summed E-state index contributed by atoms with van der Waals surface area (Å²) >= 11 is 0. The number of rotatable bonds is 10. The Morgan fingerprint density at radius 2 is 1.78 bits per heavy atom. The number of piperazine rings is 1. The van der Waals surface area contributed by atoms with Crippen LogP contribution in [0.3, 0.4) is 0 Å². The molecule has 0 unspecified atom stereocenters. The third-order valence-corrected chi connectivity index (χ3v) is 9.17. The minimum Gasteiger partial charge on any atom is -0.494 e. The van der Waals surface area contributed by atoms with Crippen LogP contribution in [0, 0.1) is 5.41 Å². The quantitative estimate of drug-likeness (QED) is 0.184. The van der Waals surface area contributed by atoms with Gasteiger partial charge in [0, 0.05) is 86.5 Å². The van der Waals surface area contributed by atoms with Crippen LogP contribution in [-0.2, 0) is 4.79 Å². The van der Waals surface area contributed by atoms with Crippen LogP contribution >= 0.6 is 0 Å². The molecule has 2 aliphatic heterocycles. The van der Waals surface area contributed by atoms with Crippen molar-refractivity contribution in [3.05, 3.63) is 60.9 Å². The lowest BCUT2D eigenvalue weighted by atomic mass is 9.98. The van der Waals surface area contributed by atoms with E-state index >= 15 is 0 Å². The number of likely N-dealkylation sites (N-methyl/N-ethyl adjacent to an activating group) is 1. The monoisotopic (exact) mass is 611 g/mol. The molecule has 0 aliphatic carbocycles. The largest absolute Gasteiger partial charge is 0.494 e. The van der Waals surface area contributed by atoms with E-state index in [1.54, 1.807) is 7.11 Å². The van der Waals surface area contributed by atoms with E-state index in [-0.39, 0.29) is 5.91 Å². The van der Waals surface area contributed by atoms with Gasteiger partial charge in [-0.25, -0.2) is 9.97 Å². The number of methoxy groups -OCH3 is 1. The van der Waals surface area contributed by atoms with Crippen molar-refractivity contribution in [3.63, 3.8) is 0 Å². The first-order valence-electron chi connectivity index (χ1n) is 15.5. The molecule has 0 bridgehead atoms. The van der Waals surface area contributed by atoms with Gasteiger partial charge in [0.2, 0.25) is 5.91 Å². The fourth-order valence-corrected chi connectivity index (χ4v) is 6.38. The molecule has 2 aliphatic rings. The maximum Gasteiger partial charge on any atom is 0.247 e. The van der Waals surface area contributed by atoms with Gasteiger partial charge in [-0.15, -0.1) is 0 Å². The third-order valence-electron chi connectivity index (χ3n) is 9.17. The van der Waals surface area contributed by atoms with E-state index in [2.05, 4.69) is 68.1 Å². The average molecular weight is 612 g/mol. The molecule has 3 aromatic rings. The molecule has 0 saturated carbocycles. The van der Waals surface area contributed by atoms with Crippen LogP contribution in [0.25, 0.3) is 11.3 Å². The number of piperidine rings is 1. The van der Waals surface area contributed by atoms with Crippen LogP contribution in [0.2, 0.25) is 0 Å². The fraction of sp³-hybridized carbons (Fsp3) is 0.412. The Bertz CT molecular complexity index is 1520. The highest BCUT2D eigenvalue weighted by molar-refractivity contribution is 6.02. The molecule has 2 fully saturated rings. The Balaban J connectivity index is 1.38. The number of carbonyl (C=O) groups is 1. The lowest BCUT2D eigenvalue weighted by Crippen LogP contribution is -2.59. The van der Waals surface area contributed by atoms with Gasteiger partial charge in [0.25, 0.3) is 0 Å². The summed E-state index contributed by atoms with van der Waals surface area (Å²) in [6, 6.07) is 13.1. The molecule has 5 rings (SSSR count). The number of carbonyl (C=O) groups excluding carboxylic acids is 1. The van der Waals surface area contributed by atoms with E-state index in [4.69, 9.17) is 10.1 Å². The van der Waals surface area contributed by atoms with Crippen molar-refractivity contribution in [2.45, 2.75) is 44.8 Å². The van der Waals surface area contributed by atoms with E-state index < -0.39 is 0 Å². The summed E-state index contributed by atoms with van der Waals surface area (Å²) in [6.45, 7) is 12.2. The number of amides is 1. The minimum absolute atomic E-state index is 0.277. The molecular formula is C34H45N9O2. The van der Waals surface area contributed by atoms with E-state index in [0.717, 1.165) is 67.2 Å². The lowest BCUT2D eigenvalue weighted by molar-refractivity contribution is -0.111. The van der Waals surface area contributed by atoms with Crippen molar-refractivity contribution in [2.24, 2.45) is 0 Å². The smallest absolute Gasteiger partial charge is 0.247 e. The predicted octanol–water partition coefficient (Wildman–Crippen LogP) is 5.05. The molecule has 1 aromatic heterocycles. The molecule has 2 aromatic carbocycles. The van der Waals surface area contributed by atoms with Crippen molar-refractivity contribution >= 4 is 40.7 Å². The van der Waals surface area contributed by atoms with Crippen molar-refractivity contribution in [1.82, 2.24) is 19.8 Å². The molecule has 11 nitrogen and oxygen atoms in total. The molecule has 0 radical (unpaired) electrons. The minimum atomic E-state index is -0.277. The van der Waals surface area contributed by atoms with E-state index in [0.29, 0.717) is 41.1 Å². The van der Waals surface area contributed by atoms with Gasteiger partial charge in [-0.1, -0.05) is 18.7 Å². The van der Waals surface area contributed by atoms with Gasteiger partial charge in [-0.05, 0) is 51.9 Å². The maximum absolute atomic E-state index is 12.5. The predicted molar refractivity (Wildman–Crippen MR) is 183 cm³/mol. The van der Waals surface area contributed by atoms with Gasteiger partial charge in [-0.2, -0.15) is 0 Å². The zero-order valence-electron chi connectivity index (χ0n) is 26.9. The number of hydrogen-bond acceptors (Lipinski definition) is 10. The zero-order chi connectivity index (χ0) is 32.1. The van der Waals surface area contributed by atoms with Crippen molar-refractivity contribution < 1.29 is 9.53 Å². The average Bonchev–Trinajstić information content (AvgIpc) is 3.06. The second-order valence-electron chi connectivity index (χ2n) is 11.9. The van der Waals surface area contributed by atoms with Gasteiger partial charge in [-0.3, -0.25) is 14.6 Å². The van der Waals surface area contributed by atoms with Crippen molar-refractivity contribution in [1.29, 1.82) is 5.41 Å². The van der Waals surface area contributed by atoms with Crippen LogP contribution in [0.1, 0.15) is 32.3 Å². The molecule has 238 valence electrons. The number of aromatic nitrogens is 2. The third kappa shape index (κ3) is 7.10. The number of nitrogens with one attached hydrogen (secondary N) is 4. The first-order chi connectivity index (χ1) is 21.7. The van der Waals surface area contributed by atoms with Crippen LogP contribution in [0.15, 0.2) is 55.4 Å². The Kier molecular flexibility index (Phi) is 9.99. The number of ether oxygens (including phenoxy) is 1. The number of hydrogen-bond donors (Lipinski definition) is 4. The SMILES string of the molecule is C=CC(=O)Nc1cc(Nc2cc(-c3ccc(C=N)c(NC)c3)ncn2)c(OC)cc1N1CCC(N2C[C@@H](C)N(C)[C@@H](C)C2)CC1. The van der Waals surface area contributed by atoms with Crippen molar-refractivity contribution in [3.8, 4) is 17.0 Å². The normalized spacial score (nSPS) is 19.5. The Hall–Kier alpha value is -4.48. The molecule has 11 heteroatoms. The molecule has 0 spiro atoms. The molecular weight excluding hydrogens is 566 g/mol. The summed E-state index contributed by atoms with van der Waals surface area (Å²) in [6.07, 6.45) is 6.22. The summed E-state index contributed by atoms with van der Waals surface area (Å²) in [4.78, 5) is 28.9. The summed E-state index contributed by atoms with van der Waals surface area (Å²) in [5.74, 6) is 0.935. The Morgan fingerprint density at radius 3 is 2.42 bits per heavy atom. The van der Waals surface area contributed by atoms with Gasteiger partial charge in [0.05, 0.1) is 29.9 Å². The highest BCUT2D eigenvalue weighted by atomic mass is 16.5. The summed E-state index contributed by atoms with van der Waals surface area (Å²) in [7, 11) is 5.69. The number of anilines is 5. The van der Waals surface area contributed by atoms with Gasteiger partial charge in [0.15, 0.2) is 0 Å². The van der Waals surface area contributed by atoms with Gasteiger partial charge in [0.1, 0.15) is 17.9 Å². The maximum atomic E-state index is 12.5. The summed E-state index contributed by atoms with van der Waals surface area (Å²) in [5, 5.41) is 17.2. The van der Waals surface area contributed by atoms with Gasteiger partial charge >= 0.3 is 0 Å². The fourth-order valence-electron chi connectivity index (χ4n) is 6.38. The number of nitrogens with zero attached hydrogens (tertiary/aromatic N) is 5. The molecule has 2 saturated heterocycles. The highest BCUT2D eigenvalue weighted by Gasteiger charge is 2.33. The van der Waals surface area contributed by atoms with Crippen LogP contribution in [-0.4, -0.2) is 97.4 Å². The van der Waals surface area contributed by atoms with Crippen LogP contribution in [0.4, 0.5) is 28.6 Å². The van der Waals surface area contributed by atoms with E-state index in [1.165, 1.54) is 18.6 Å². The molecule has 2 atom stereocenters. The summed E-state index contributed by atoms with van der Waals surface area (Å²) < 4.78 is 5.85. The first-order valence-corrected chi connectivity index (χ1v) is 15.5. The molecule has 3 heterocycles. The van der Waals surface area contributed by atoms with Gasteiger partial charge < -0.3 is 31.0 Å².